The van der Waals surface area contributed by atoms with Gasteiger partial charge in [-0.25, -0.2) is 4.39 Å². The van der Waals surface area contributed by atoms with Crippen LogP contribution < -0.4 is 14.8 Å². The molecule has 1 aliphatic rings. The number of ether oxygens (including phenoxy) is 2. The van der Waals surface area contributed by atoms with E-state index in [0.29, 0.717) is 41.0 Å². The number of benzene rings is 2. The highest BCUT2D eigenvalue weighted by Gasteiger charge is 2.15. The quantitative estimate of drug-likeness (QED) is 0.842. The maximum atomic E-state index is 13.1. The third kappa shape index (κ3) is 4.06. The highest BCUT2D eigenvalue weighted by Crippen LogP contribution is 2.37. The molecule has 0 radical (unpaired) electrons. The average Bonchev–Trinajstić information content (AvgIpc) is 2.78. The lowest BCUT2D eigenvalue weighted by molar-refractivity contribution is -0.111. The van der Waals surface area contributed by atoms with Crippen molar-refractivity contribution in [2.24, 2.45) is 0 Å². The Morgan fingerprint density at radius 2 is 1.92 bits per heavy atom. The van der Waals surface area contributed by atoms with Crippen LogP contribution in [0.25, 0.3) is 6.08 Å². The summed E-state index contributed by atoms with van der Waals surface area (Å²) in [5.74, 6) is 0.367. The first-order valence-corrected chi connectivity index (χ1v) is 7.83. The van der Waals surface area contributed by atoms with Gasteiger partial charge in [0.15, 0.2) is 11.5 Å². The van der Waals surface area contributed by atoms with E-state index in [4.69, 9.17) is 21.1 Å². The van der Waals surface area contributed by atoms with Crippen LogP contribution >= 0.6 is 11.6 Å². The molecule has 2 aromatic carbocycles. The molecule has 1 N–H and O–H groups in total. The Bertz CT molecular complexity index is 792. The van der Waals surface area contributed by atoms with Crippen molar-refractivity contribution in [3.05, 3.63) is 58.9 Å². The number of hydrogen-bond acceptors (Lipinski definition) is 3. The predicted molar refractivity (Wildman–Crippen MR) is 91.1 cm³/mol. The van der Waals surface area contributed by atoms with Crippen LogP contribution in [0.2, 0.25) is 5.02 Å². The number of amides is 1. The summed E-state index contributed by atoms with van der Waals surface area (Å²) in [6.45, 7) is 1.10. The molecule has 0 aliphatic carbocycles. The van der Waals surface area contributed by atoms with Gasteiger partial charge in [-0.05, 0) is 23.8 Å². The number of carbonyl (C=O) groups is 1. The van der Waals surface area contributed by atoms with Crippen molar-refractivity contribution in [2.75, 3.05) is 18.5 Å². The highest BCUT2D eigenvalue weighted by molar-refractivity contribution is 6.34. The summed E-state index contributed by atoms with van der Waals surface area (Å²) < 4.78 is 24.2. The van der Waals surface area contributed by atoms with E-state index in [2.05, 4.69) is 5.32 Å². The number of nitrogens with one attached hydrogen (secondary N) is 1. The summed E-state index contributed by atoms with van der Waals surface area (Å²) in [6, 6.07) is 9.21. The third-order valence-corrected chi connectivity index (χ3v) is 3.68. The molecule has 1 amide bonds. The first-order chi connectivity index (χ1) is 11.6. The molecule has 1 aliphatic heterocycles. The Labute approximate surface area is 143 Å². The van der Waals surface area contributed by atoms with E-state index in [1.807, 2.05) is 0 Å². The lowest BCUT2D eigenvalue weighted by Crippen LogP contribution is -2.08. The highest BCUT2D eigenvalue weighted by atomic mass is 35.5. The van der Waals surface area contributed by atoms with Crippen molar-refractivity contribution in [1.29, 1.82) is 0 Å². The summed E-state index contributed by atoms with van der Waals surface area (Å²) in [7, 11) is 0. The summed E-state index contributed by atoms with van der Waals surface area (Å²) in [6.07, 6.45) is 3.62. The van der Waals surface area contributed by atoms with E-state index in [-0.39, 0.29) is 11.7 Å². The van der Waals surface area contributed by atoms with Gasteiger partial charge in [-0.15, -0.1) is 0 Å². The Balaban J connectivity index is 1.73. The second-order valence-corrected chi connectivity index (χ2v) is 5.61. The zero-order chi connectivity index (χ0) is 16.9. The van der Waals surface area contributed by atoms with E-state index in [1.54, 1.807) is 24.3 Å². The fourth-order valence-electron chi connectivity index (χ4n) is 2.24. The standard InChI is InChI=1S/C18H15ClFNO3/c19-14-10-16-17(24-8-2-7-23-16)11-15(14)21-18(22)6-5-12-3-1-4-13(20)9-12/h1,3-6,9-11H,2,7-8H2,(H,21,22)/b6-5+. The molecule has 24 heavy (non-hydrogen) atoms. The van der Waals surface area contributed by atoms with Gasteiger partial charge in [0.1, 0.15) is 5.82 Å². The van der Waals surface area contributed by atoms with Gasteiger partial charge >= 0.3 is 0 Å². The Morgan fingerprint density at radius 3 is 2.67 bits per heavy atom. The van der Waals surface area contributed by atoms with Gasteiger partial charge in [0, 0.05) is 24.6 Å². The molecule has 124 valence electrons. The summed E-state index contributed by atoms with van der Waals surface area (Å²) in [5.41, 5.74) is 1.02. The average molecular weight is 348 g/mol. The van der Waals surface area contributed by atoms with Crippen molar-refractivity contribution in [2.45, 2.75) is 6.42 Å². The van der Waals surface area contributed by atoms with Gasteiger partial charge in [0.2, 0.25) is 5.91 Å². The number of anilines is 1. The number of carbonyl (C=O) groups excluding carboxylic acids is 1. The monoisotopic (exact) mass is 347 g/mol. The van der Waals surface area contributed by atoms with Crippen LogP contribution in [0.5, 0.6) is 11.5 Å². The van der Waals surface area contributed by atoms with E-state index in [9.17, 15) is 9.18 Å². The van der Waals surface area contributed by atoms with Crippen LogP contribution in [0.1, 0.15) is 12.0 Å². The molecule has 0 fully saturated rings. The van der Waals surface area contributed by atoms with Crippen molar-refractivity contribution in [1.82, 2.24) is 0 Å². The Hall–Kier alpha value is -2.53. The van der Waals surface area contributed by atoms with Crippen LogP contribution in [-0.2, 0) is 4.79 Å². The molecule has 0 atom stereocenters. The molecule has 0 aromatic heterocycles. The largest absolute Gasteiger partial charge is 0.490 e. The predicted octanol–water partition coefficient (Wildman–Crippen LogP) is 4.29. The third-order valence-electron chi connectivity index (χ3n) is 3.37. The molecule has 1 heterocycles. The zero-order valence-electron chi connectivity index (χ0n) is 12.7. The lowest BCUT2D eigenvalue weighted by Gasteiger charge is -2.11. The second kappa shape index (κ2) is 7.36. The first-order valence-electron chi connectivity index (χ1n) is 7.45. The molecule has 6 heteroatoms. The molecule has 0 saturated heterocycles. The minimum absolute atomic E-state index is 0.353. The molecule has 2 aromatic rings. The van der Waals surface area contributed by atoms with Crippen molar-refractivity contribution >= 4 is 29.3 Å². The minimum atomic E-state index is -0.379. The summed E-state index contributed by atoms with van der Waals surface area (Å²) in [4.78, 5) is 12.0. The van der Waals surface area contributed by atoms with Gasteiger partial charge in [0.25, 0.3) is 0 Å². The maximum absolute atomic E-state index is 13.1. The number of hydrogen-bond donors (Lipinski definition) is 1. The first kappa shape index (κ1) is 16.3. The smallest absolute Gasteiger partial charge is 0.248 e. The maximum Gasteiger partial charge on any atom is 0.248 e. The molecular formula is C18H15ClFNO3. The fourth-order valence-corrected chi connectivity index (χ4v) is 2.44. The zero-order valence-corrected chi connectivity index (χ0v) is 13.5. The van der Waals surface area contributed by atoms with Gasteiger partial charge in [0.05, 0.1) is 23.9 Å². The number of rotatable bonds is 3. The molecule has 0 unspecified atom stereocenters. The fraction of sp³-hybridized carbons (Fsp3) is 0.167. The van der Waals surface area contributed by atoms with E-state index >= 15 is 0 Å². The molecule has 0 saturated carbocycles. The van der Waals surface area contributed by atoms with E-state index < -0.39 is 0 Å². The topological polar surface area (TPSA) is 47.6 Å². The van der Waals surface area contributed by atoms with Crippen molar-refractivity contribution in [3.8, 4) is 11.5 Å². The van der Waals surface area contributed by atoms with Crippen LogP contribution in [0.3, 0.4) is 0 Å². The number of fused-ring (bicyclic) bond motifs is 1. The molecule has 4 nitrogen and oxygen atoms in total. The SMILES string of the molecule is O=C(/C=C/c1cccc(F)c1)Nc1cc2c(cc1Cl)OCCCO2. The molecular weight excluding hydrogens is 333 g/mol. The Morgan fingerprint density at radius 1 is 1.17 bits per heavy atom. The molecule has 3 rings (SSSR count). The Kier molecular flexibility index (Phi) is 5.01. The normalized spacial score (nSPS) is 13.6. The van der Waals surface area contributed by atoms with Gasteiger partial charge < -0.3 is 14.8 Å². The van der Waals surface area contributed by atoms with Crippen LogP contribution in [0.15, 0.2) is 42.5 Å². The molecule has 0 bridgehead atoms. The minimum Gasteiger partial charge on any atom is -0.490 e. The van der Waals surface area contributed by atoms with Crippen molar-refractivity contribution in [3.63, 3.8) is 0 Å². The van der Waals surface area contributed by atoms with E-state index in [0.717, 1.165) is 6.42 Å². The van der Waals surface area contributed by atoms with Crippen LogP contribution in [0, 0.1) is 5.82 Å². The summed E-state index contributed by atoms with van der Waals surface area (Å²) in [5, 5.41) is 3.03. The lowest BCUT2D eigenvalue weighted by atomic mass is 10.2. The van der Waals surface area contributed by atoms with Gasteiger partial charge in [-0.2, -0.15) is 0 Å². The second-order valence-electron chi connectivity index (χ2n) is 5.21. The van der Waals surface area contributed by atoms with E-state index in [1.165, 1.54) is 24.3 Å². The molecule has 0 spiro atoms. The van der Waals surface area contributed by atoms with Crippen LogP contribution in [-0.4, -0.2) is 19.1 Å². The van der Waals surface area contributed by atoms with Crippen LogP contribution in [0.4, 0.5) is 10.1 Å². The van der Waals surface area contributed by atoms with Crippen molar-refractivity contribution < 1.29 is 18.7 Å². The number of halogens is 2. The summed E-state index contributed by atoms with van der Waals surface area (Å²) >= 11 is 6.17. The van der Waals surface area contributed by atoms with Gasteiger partial charge in [-0.3, -0.25) is 4.79 Å². The van der Waals surface area contributed by atoms with Gasteiger partial charge in [-0.1, -0.05) is 23.7 Å².